The van der Waals surface area contributed by atoms with Gasteiger partial charge in [0.05, 0.1) is 5.02 Å². The van der Waals surface area contributed by atoms with Gasteiger partial charge in [-0.1, -0.05) is 24.6 Å². The van der Waals surface area contributed by atoms with Crippen LogP contribution in [0.2, 0.25) is 5.02 Å². The molecule has 0 saturated heterocycles. The zero-order valence-electron chi connectivity index (χ0n) is 10.8. The zero-order chi connectivity index (χ0) is 13.7. The van der Waals surface area contributed by atoms with Gasteiger partial charge in [-0.25, -0.2) is 4.98 Å². The maximum atomic E-state index is 6.05. The first kappa shape index (κ1) is 14.6. The molecule has 2 N–H and O–H groups in total. The molecule has 1 heterocycles. The summed E-state index contributed by atoms with van der Waals surface area (Å²) in [6.07, 6.45) is 5.57. The summed E-state index contributed by atoms with van der Waals surface area (Å²) in [5.41, 5.74) is 1.21. The predicted molar refractivity (Wildman–Crippen MR) is 82.5 cm³/mol. The Balaban J connectivity index is 2.18. The standard InChI is InChI=1S/C14H17BrClN3/c1-2-5-17-13(9-14-18-6-7-19-14)10-3-4-12(16)11(15)8-10/h3-4,6-8,13,17H,2,5,9H2,1H3,(H,18,19). The van der Waals surface area contributed by atoms with Crippen LogP contribution in [0.15, 0.2) is 35.1 Å². The molecule has 0 aliphatic carbocycles. The van der Waals surface area contributed by atoms with Gasteiger partial charge in [0.2, 0.25) is 0 Å². The fourth-order valence-electron chi connectivity index (χ4n) is 1.96. The lowest BCUT2D eigenvalue weighted by atomic mass is 10.0. The minimum atomic E-state index is 0.236. The fraction of sp³-hybridized carbons (Fsp3) is 0.357. The van der Waals surface area contributed by atoms with Crippen molar-refractivity contribution in [2.45, 2.75) is 25.8 Å². The third-order valence-corrected chi connectivity index (χ3v) is 4.15. The number of H-pyrrole nitrogens is 1. The normalized spacial score (nSPS) is 12.6. The number of hydrogen-bond acceptors (Lipinski definition) is 2. The van der Waals surface area contributed by atoms with E-state index in [0.717, 1.165) is 34.7 Å². The van der Waals surface area contributed by atoms with Gasteiger partial charge in [-0.15, -0.1) is 0 Å². The van der Waals surface area contributed by atoms with Gasteiger partial charge in [0.25, 0.3) is 0 Å². The monoisotopic (exact) mass is 341 g/mol. The van der Waals surface area contributed by atoms with Crippen molar-refractivity contribution in [1.82, 2.24) is 15.3 Å². The van der Waals surface area contributed by atoms with Crippen LogP contribution in [0.4, 0.5) is 0 Å². The van der Waals surface area contributed by atoms with E-state index >= 15 is 0 Å². The van der Waals surface area contributed by atoms with Crippen molar-refractivity contribution < 1.29 is 0 Å². The van der Waals surface area contributed by atoms with Crippen LogP contribution < -0.4 is 5.32 Å². The second-order valence-electron chi connectivity index (χ2n) is 4.42. The van der Waals surface area contributed by atoms with Crippen molar-refractivity contribution in [3.63, 3.8) is 0 Å². The van der Waals surface area contributed by atoms with Crippen LogP contribution in [0.5, 0.6) is 0 Å². The molecular weight excluding hydrogens is 326 g/mol. The topological polar surface area (TPSA) is 40.7 Å². The van der Waals surface area contributed by atoms with Crippen LogP contribution in [-0.4, -0.2) is 16.5 Å². The largest absolute Gasteiger partial charge is 0.349 e. The molecule has 3 nitrogen and oxygen atoms in total. The van der Waals surface area contributed by atoms with Crippen molar-refractivity contribution in [3.8, 4) is 0 Å². The number of imidazole rings is 1. The highest BCUT2D eigenvalue weighted by atomic mass is 79.9. The van der Waals surface area contributed by atoms with Crippen molar-refractivity contribution in [1.29, 1.82) is 0 Å². The quantitative estimate of drug-likeness (QED) is 0.829. The molecule has 0 fully saturated rings. The molecule has 2 aromatic rings. The van der Waals surface area contributed by atoms with E-state index in [1.807, 2.05) is 12.3 Å². The molecule has 0 aliphatic heterocycles. The lowest BCUT2D eigenvalue weighted by Crippen LogP contribution is -2.24. The summed E-state index contributed by atoms with van der Waals surface area (Å²) in [5, 5.41) is 4.28. The highest BCUT2D eigenvalue weighted by molar-refractivity contribution is 9.10. The first-order valence-electron chi connectivity index (χ1n) is 6.37. The van der Waals surface area contributed by atoms with Crippen LogP contribution >= 0.6 is 27.5 Å². The Morgan fingerprint density at radius 3 is 2.95 bits per heavy atom. The number of aromatic nitrogens is 2. The lowest BCUT2D eigenvalue weighted by Gasteiger charge is -2.18. The highest BCUT2D eigenvalue weighted by Gasteiger charge is 2.14. The van der Waals surface area contributed by atoms with Crippen molar-refractivity contribution in [2.24, 2.45) is 0 Å². The SMILES string of the molecule is CCCNC(Cc1ncc[nH]1)c1ccc(Cl)c(Br)c1. The lowest BCUT2D eigenvalue weighted by molar-refractivity contribution is 0.520. The van der Waals surface area contributed by atoms with Crippen molar-refractivity contribution >= 4 is 27.5 Å². The Morgan fingerprint density at radius 2 is 2.32 bits per heavy atom. The second-order valence-corrected chi connectivity index (χ2v) is 5.68. The molecule has 1 aromatic heterocycles. The van der Waals surface area contributed by atoms with Crippen LogP contribution in [-0.2, 0) is 6.42 Å². The van der Waals surface area contributed by atoms with Gasteiger partial charge in [0, 0.05) is 29.3 Å². The van der Waals surface area contributed by atoms with Gasteiger partial charge in [-0.05, 0) is 46.6 Å². The fourth-order valence-corrected chi connectivity index (χ4v) is 2.47. The number of benzene rings is 1. The molecule has 0 amide bonds. The molecule has 19 heavy (non-hydrogen) atoms. The number of rotatable bonds is 6. The number of halogens is 2. The third-order valence-electron chi connectivity index (χ3n) is 2.94. The molecule has 0 bridgehead atoms. The number of nitrogens with zero attached hydrogens (tertiary/aromatic N) is 1. The first-order chi connectivity index (χ1) is 9.20. The summed E-state index contributed by atoms with van der Waals surface area (Å²) in [6, 6.07) is 6.28. The van der Waals surface area contributed by atoms with Gasteiger partial charge in [0.15, 0.2) is 0 Å². The average molecular weight is 343 g/mol. The van der Waals surface area contributed by atoms with E-state index in [0.29, 0.717) is 0 Å². The van der Waals surface area contributed by atoms with Gasteiger partial charge in [-0.3, -0.25) is 0 Å². The van der Waals surface area contributed by atoms with E-state index < -0.39 is 0 Å². The Morgan fingerprint density at radius 1 is 1.47 bits per heavy atom. The summed E-state index contributed by atoms with van der Waals surface area (Å²) in [6.45, 7) is 3.14. The molecule has 102 valence electrons. The predicted octanol–water partition coefficient (Wildman–Crippen LogP) is 4.11. The summed E-state index contributed by atoms with van der Waals surface area (Å²) in [7, 11) is 0. The summed E-state index contributed by atoms with van der Waals surface area (Å²) in [5.74, 6) is 0.986. The van der Waals surface area contributed by atoms with E-state index in [1.165, 1.54) is 5.56 Å². The molecule has 1 atom stereocenters. The minimum absolute atomic E-state index is 0.236. The molecular formula is C14H17BrClN3. The molecule has 1 aromatic carbocycles. The number of hydrogen-bond donors (Lipinski definition) is 2. The summed E-state index contributed by atoms with van der Waals surface area (Å²) < 4.78 is 0.925. The van der Waals surface area contributed by atoms with Crippen molar-refractivity contribution in [3.05, 3.63) is 51.5 Å². The average Bonchev–Trinajstić information content (AvgIpc) is 2.91. The Bertz CT molecular complexity index is 513. The van der Waals surface area contributed by atoms with Crippen LogP contribution in [0.25, 0.3) is 0 Å². The van der Waals surface area contributed by atoms with E-state index in [2.05, 4.69) is 50.3 Å². The van der Waals surface area contributed by atoms with E-state index in [4.69, 9.17) is 11.6 Å². The van der Waals surface area contributed by atoms with E-state index in [-0.39, 0.29) is 6.04 Å². The van der Waals surface area contributed by atoms with Gasteiger partial charge in [-0.2, -0.15) is 0 Å². The number of aromatic amines is 1. The summed E-state index contributed by atoms with van der Waals surface area (Å²) in [4.78, 5) is 7.45. The first-order valence-corrected chi connectivity index (χ1v) is 7.54. The molecule has 0 saturated carbocycles. The van der Waals surface area contributed by atoms with Gasteiger partial charge >= 0.3 is 0 Å². The van der Waals surface area contributed by atoms with Gasteiger partial charge in [0.1, 0.15) is 5.82 Å². The molecule has 2 rings (SSSR count). The van der Waals surface area contributed by atoms with Crippen molar-refractivity contribution in [2.75, 3.05) is 6.54 Å². The third kappa shape index (κ3) is 4.06. The van der Waals surface area contributed by atoms with Crippen LogP contribution in [0, 0.1) is 0 Å². The zero-order valence-corrected chi connectivity index (χ0v) is 13.1. The number of nitrogens with one attached hydrogen (secondary N) is 2. The molecule has 0 spiro atoms. The second kappa shape index (κ2) is 7.08. The maximum Gasteiger partial charge on any atom is 0.107 e. The smallest absolute Gasteiger partial charge is 0.107 e. The Labute approximate surface area is 126 Å². The van der Waals surface area contributed by atoms with Gasteiger partial charge < -0.3 is 10.3 Å². The maximum absolute atomic E-state index is 6.05. The van der Waals surface area contributed by atoms with E-state index in [1.54, 1.807) is 6.20 Å². The van der Waals surface area contributed by atoms with Crippen LogP contribution in [0.3, 0.4) is 0 Å². The Hall–Kier alpha value is -0.840. The van der Waals surface area contributed by atoms with E-state index in [9.17, 15) is 0 Å². The minimum Gasteiger partial charge on any atom is -0.349 e. The molecule has 5 heteroatoms. The Kier molecular flexibility index (Phi) is 5.43. The van der Waals surface area contributed by atoms with Crippen LogP contribution in [0.1, 0.15) is 30.8 Å². The highest BCUT2D eigenvalue weighted by Crippen LogP contribution is 2.27. The molecule has 1 unspecified atom stereocenters. The molecule has 0 aliphatic rings. The summed E-state index contributed by atoms with van der Waals surface area (Å²) >= 11 is 9.52. The molecule has 0 radical (unpaired) electrons.